The highest BCUT2D eigenvalue weighted by atomic mass is 32.2. The van der Waals surface area contributed by atoms with Crippen LogP contribution in [-0.4, -0.2) is 39.0 Å². The molecule has 0 unspecified atom stereocenters. The Kier molecular flexibility index (Phi) is 6.27. The standard InChI is InChI=1S/C20H24F4O4S/c1-29(26,27)11-18(25)16-8-15(13-4-5-13)19(9-17(16)21)28-10-12-2-6-14(7-3-12)20(22,23)24/h8-9,12-14H,2-7,10-11H2,1H3. The fourth-order valence-corrected chi connectivity index (χ4v) is 4.44. The van der Waals surface area contributed by atoms with Crippen LogP contribution in [0.15, 0.2) is 12.1 Å². The zero-order valence-corrected chi connectivity index (χ0v) is 16.9. The van der Waals surface area contributed by atoms with E-state index in [9.17, 15) is 30.8 Å². The first kappa shape index (κ1) is 22.1. The number of ketones is 1. The molecule has 2 saturated carbocycles. The van der Waals surface area contributed by atoms with Crippen molar-refractivity contribution < 1.29 is 35.5 Å². The lowest BCUT2D eigenvalue weighted by Gasteiger charge is -2.30. The number of sulfone groups is 1. The van der Waals surface area contributed by atoms with Gasteiger partial charge in [0, 0.05) is 12.3 Å². The van der Waals surface area contributed by atoms with Crippen LogP contribution in [0.25, 0.3) is 0 Å². The summed E-state index contributed by atoms with van der Waals surface area (Å²) >= 11 is 0. The van der Waals surface area contributed by atoms with Crippen LogP contribution in [0.2, 0.25) is 0 Å². The second-order valence-corrected chi connectivity index (χ2v) is 10.3. The molecular weight excluding hydrogens is 412 g/mol. The number of carbonyl (C=O) groups excluding carboxylic acids is 1. The SMILES string of the molecule is CS(=O)(=O)CC(=O)c1cc(C2CC2)c(OCC2CCC(C(F)(F)F)CC2)cc1F. The summed E-state index contributed by atoms with van der Waals surface area (Å²) < 4.78 is 81.3. The van der Waals surface area contributed by atoms with Gasteiger partial charge in [-0.05, 0) is 62.0 Å². The van der Waals surface area contributed by atoms with Crippen LogP contribution < -0.4 is 4.74 Å². The molecule has 1 aromatic carbocycles. The van der Waals surface area contributed by atoms with Crippen molar-refractivity contribution in [2.45, 2.75) is 50.6 Å². The van der Waals surface area contributed by atoms with Gasteiger partial charge in [-0.1, -0.05) is 0 Å². The minimum Gasteiger partial charge on any atom is -0.493 e. The molecule has 0 N–H and O–H groups in total. The van der Waals surface area contributed by atoms with Crippen LogP contribution in [0.4, 0.5) is 17.6 Å². The Bertz CT molecular complexity index is 867. The number of ether oxygens (including phenoxy) is 1. The summed E-state index contributed by atoms with van der Waals surface area (Å²) in [7, 11) is -3.58. The molecule has 0 saturated heterocycles. The van der Waals surface area contributed by atoms with E-state index in [0.29, 0.717) is 24.2 Å². The molecule has 162 valence electrons. The zero-order valence-electron chi connectivity index (χ0n) is 16.1. The van der Waals surface area contributed by atoms with Gasteiger partial charge < -0.3 is 4.74 Å². The van der Waals surface area contributed by atoms with Gasteiger partial charge in [0.15, 0.2) is 15.6 Å². The molecule has 0 atom stereocenters. The Morgan fingerprint density at radius 1 is 1.10 bits per heavy atom. The predicted molar refractivity (Wildman–Crippen MR) is 99.4 cm³/mol. The molecule has 2 aliphatic carbocycles. The van der Waals surface area contributed by atoms with Crippen LogP contribution in [0.5, 0.6) is 5.75 Å². The van der Waals surface area contributed by atoms with Gasteiger partial charge in [-0.25, -0.2) is 12.8 Å². The summed E-state index contributed by atoms with van der Waals surface area (Å²) in [6, 6.07) is 2.47. The van der Waals surface area contributed by atoms with Gasteiger partial charge in [0.1, 0.15) is 17.3 Å². The average Bonchev–Trinajstić information content (AvgIpc) is 3.43. The first-order valence-corrected chi connectivity index (χ1v) is 11.7. The molecule has 29 heavy (non-hydrogen) atoms. The van der Waals surface area contributed by atoms with Crippen LogP contribution in [0, 0.1) is 17.7 Å². The van der Waals surface area contributed by atoms with Crippen LogP contribution >= 0.6 is 0 Å². The van der Waals surface area contributed by atoms with Crippen LogP contribution in [-0.2, 0) is 9.84 Å². The van der Waals surface area contributed by atoms with E-state index in [1.54, 1.807) is 0 Å². The van der Waals surface area contributed by atoms with E-state index in [4.69, 9.17) is 4.74 Å². The fourth-order valence-electron chi connectivity index (χ4n) is 3.80. The topological polar surface area (TPSA) is 60.4 Å². The lowest BCUT2D eigenvalue weighted by atomic mass is 9.82. The molecular formula is C20H24F4O4S. The second kappa shape index (κ2) is 8.24. The van der Waals surface area contributed by atoms with E-state index < -0.39 is 39.3 Å². The number of rotatable bonds is 7. The minimum absolute atomic E-state index is 0.0322. The summed E-state index contributed by atoms with van der Waals surface area (Å²) in [4.78, 5) is 12.2. The molecule has 0 amide bonds. The highest BCUT2D eigenvalue weighted by molar-refractivity contribution is 7.91. The largest absolute Gasteiger partial charge is 0.493 e. The lowest BCUT2D eigenvalue weighted by Crippen LogP contribution is -2.29. The van der Waals surface area contributed by atoms with Crippen molar-refractivity contribution in [3.63, 3.8) is 0 Å². The van der Waals surface area contributed by atoms with E-state index in [2.05, 4.69) is 0 Å². The molecule has 0 bridgehead atoms. The number of benzene rings is 1. The Labute approximate surface area is 167 Å². The molecule has 1 aromatic rings. The maximum Gasteiger partial charge on any atom is 0.391 e. The number of Topliss-reactive ketones (excluding diaryl/α,β-unsaturated/α-hetero) is 1. The zero-order chi connectivity index (χ0) is 21.4. The van der Waals surface area contributed by atoms with Crippen molar-refractivity contribution in [3.05, 3.63) is 29.1 Å². The molecule has 2 aliphatic rings. The van der Waals surface area contributed by atoms with Gasteiger partial charge in [0.25, 0.3) is 0 Å². The maximum absolute atomic E-state index is 14.5. The molecule has 0 aromatic heterocycles. The molecule has 0 radical (unpaired) electrons. The van der Waals surface area contributed by atoms with Gasteiger partial charge in [0.05, 0.1) is 18.1 Å². The van der Waals surface area contributed by atoms with E-state index in [0.717, 1.165) is 25.2 Å². The summed E-state index contributed by atoms with van der Waals surface area (Å²) in [6.45, 7) is 0.195. The Balaban J connectivity index is 1.68. The van der Waals surface area contributed by atoms with Crippen LogP contribution in [0.1, 0.15) is 60.4 Å². The number of hydrogen-bond acceptors (Lipinski definition) is 4. The van der Waals surface area contributed by atoms with Gasteiger partial charge in [-0.15, -0.1) is 0 Å². The van der Waals surface area contributed by atoms with Crippen molar-refractivity contribution in [2.24, 2.45) is 11.8 Å². The Morgan fingerprint density at radius 3 is 2.24 bits per heavy atom. The van der Waals surface area contributed by atoms with Crippen molar-refractivity contribution in [1.29, 1.82) is 0 Å². The van der Waals surface area contributed by atoms with Crippen molar-refractivity contribution >= 4 is 15.6 Å². The summed E-state index contributed by atoms with van der Waals surface area (Å²) in [5.41, 5.74) is 0.391. The molecule has 3 rings (SSSR count). The third-order valence-corrected chi connectivity index (χ3v) is 6.38. The van der Waals surface area contributed by atoms with Crippen molar-refractivity contribution in [1.82, 2.24) is 0 Å². The van der Waals surface area contributed by atoms with Gasteiger partial charge in [-0.2, -0.15) is 13.2 Å². The van der Waals surface area contributed by atoms with Gasteiger partial charge in [0.2, 0.25) is 0 Å². The predicted octanol–water partition coefficient (Wildman–Crippen LogP) is 4.68. The molecule has 0 spiro atoms. The van der Waals surface area contributed by atoms with E-state index in [-0.39, 0.29) is 36.8 Å². The summed E-state index contributed by atoms with van der Waals surface area (Å²) in [5.74, 6) is -3.30. The Hall–Kier alpha value is -1.64. The highest BCUT2D eigenvalue weighted by Gasteiger charge is 2.41. The minimum atomic E-state index is -4.16. The van der Waals surface area contributed by atoms with Gasteiger partial charge >= 0.3 is 6.18 Å². The maximum atomic E-state index is 14.5. The molecule has 9 heteroatoms. The lowest BCUT2D eigenvalue weighted by molar-refractivity contribution is -0.184. The third-order valence-electron chi connectivity index (χ3n) is 5.59. The smallest absolute Gasteiger partial charge is 0.391 e. The number of halogens is 4. The average molecular weight is 436 g/mol. The molecule has 2 fully saturated rings. The second-order valence-electron chi connectivity index (χ2n) is 8.21. The van der Waals surface area contributed by atoms with E-state index >= 15 is 0 Å². The molecule has 0 heterocycles. The van der Waals surface area contributed by atoms with Crippen molar-refractivity contribution in [2.75, 3.05) is 18.6 Å². The quantitative estimate of drug-likeness (QED) is 0.460. The summed E-state index contributed by atoms with van der Waals surface area (Å²) in [6.07, 6.45) is -0.595. The molecule has 0 aliphatic heterocycles. The Morgan fingerprint density at radius 2 is 1.72 bits per heavy atom. The van der Waals surface area contributed by atoms with Gasteiger partial charge in [-0.3, -0.25) is 4.79 Å². The first-order chi connectivity index (χ1) is 13.4. The number of carbonyl (C=O) groups is 1. The normalized spacial score (nSPS) is 23.1. The van der Waals surface area contributed by atoms with E-state index in [1.807, 2.05) is 0 Å². The van der Waals surface area contributed by atoms with Crippen LogP contribution in [0.3, 0.4) is 0 Å². The highest BCUT2D eigenvalue weighted by Crippen LogP contribution is 2.46. The fraction of sp³-hybridized carbons (Fsp3) is 0.650. The number of alkyl halides is 3. The van der Waals surface area contributed by atoms with Crippen molar-refractivity contribution in [3.8, 4) is 5.75 Å². The molecule has 4 nitrogen and oxygen atoms in total. The third kappa shape index (κ3) is 5.93. The first-order valence-electron chi connectivity index (χ1n) is 9.68. The monoisotopic (exact) mass is 436 g/mol. The number of hydrogen-bond donors (Lipinski definition) is 0. The van der Waals surface area contributed by atoms with E-state index in [1.165, 1.54) is 6.07 Å². The summed E-state index contributed by atoms with van der Waals surface area (Å²) in [5, 5.41) is 0.